The number of rotatable bonds is 9. The van der Waals surface area contributed by atoms with Crippen LogP contribution in [0.3, 0.4) is 0 Å². The molecule has 1 fully saturated rings. The maximum Gasteiger partial charge on any atom is 0.255 e. The van der Waals surface area contributed by atoms with Crippen LogP contribution in [0.25, 0.3) is 10.4 Å². The van der Waals surface area contributed by atoms with Gasteiger partial charge in [-0.2, -0.15) is 0 Å². The van der Waals surface area contributed by atoms with Gasteiger partial charge in [-0.25, -0.2) is 0 Å². The van der Waals surface area contributed by atoms with Crippen LogP contribution in [0.4, 0.5) is 5.69 Å². The molecule has 0 aromatic heterocycles. The van der Waals surface area contributed by atoms with Crippen LogP contribution in [-0.2, 0) is 16.1 Å². The molecule has 0 spiro atoms. The van der Waals surface area contributed by atoms with Crippen molar-refractivity contribution < 1.29 is 14.4 Å². The lowest BCUT2D eigenvalue weighted by Crippen LogP contribution is -2.52. The first kappa shape index (κ1) is 19.7. The highest BCUT2D eigenvalue weighted by atomic mass is 16.2. The number of anilines is 1. The number of hydrogen-bond acceptors (Lipinski definition) is 5. The maximum absolute atomic E-state index is 12.8. The molecule has 2 N–H and O–H groups in total. The molecule has 3 amide bonds. The number of fused-ring (bicyclic) bond motifs is 1. The highest BCUT2D eigenvalue weighted by molar-refractivity contribution is 6.06. The van der Waals surface area contributed by atoms with Crippen molar-refractivity contribution >= 4 is 23.4 Å². The van der Waals surface area contributed by atoms with E-state index in [1.165, 1.54) is 0 Å². The van der Waals surface area contributed by atoms with E-state index in [-0.39, 0.29) is 18.2 Å². The molecule has 28 heavy (non-hydrogen) atoms. The van der Waals surface area contributed by atoms with Gasteiger partial charge < -0.3 is 10.2 Å². The molecule has 1 unspecified atom stereocenters. The minimum absolute atomic E-state index is 0.161. The van der Waals surface area contributed by atoms with Crippen molar-refractivity contribution in [3.8, 4) is 0 Å². The van der Waals surface area contributed by atoms with E-state index in [9.17, 15) is 14.4 Å². The molecular weight excluding hydrogens is 360 g/mol. The Labute approximate surface area is 163 Å². The summed E-state index contributed by atoms with van der Waals surface area (Å²) in [4.78, 5) is 40.6. The van der Waals surface area contributed by atoms with Crippen molar-refractivity contribution in [2.75, 3.05) is 18.4 Å². The van der Waals surface area contributed by atoms with Gasteiger partial charge in [0.1, 0.15) is 6.04 Å². The zero-order valence-corrected chi connectivity index (χ0v) is 15.7. The predicted molar refractivity (Wildman–Crippen MR) is 103 cm³/mol. The fourth-order valence-electron chi connectivity index (χ4n) is 3.68. The minimum atomic E-state index is -0.596. The lowest BCUT2D eigenvalue weighted by molar-refractivity contribution is -0.136. The van der Waals surface area contributed by atoms with Gasteiger partial charge >= 0.3 is 0 Å². The Hall–Kier alpha value is -3.06. The number of piperidine rings is 1. The van der Waals surface area contributed by atoms with Crippen LogP contribution in [-0.4, -0.2) is 41.8 Å². The summed E-state index contributed by atoms with van der Waals surface area (Å²) < 4.78 is 0. The molecule has 0 saturated carbocycles. The zero-order chi connectivity index (χ0) is 19.9. The average Bonchev–Trinajstić information content (AvgIpc) is 3.01. The standard InChI is InChI=1S/C19H24N6O3/c20-24-22-11-4-2-1-3-10-21-15-7-5-6-13-14(15)12-25(19(13)28)16-8-9-17(26)23-18(16)27/h5-7,16,21H,1-4,8-12H2,(H,23,26,27). The van der Waals surface area contributed by atoms with Gasteiger partial charge in [0.15, 0.2) is 0 Å². The average molecular weight is 384 g/mol. The van der Waals surface area contributed by atoms with Crippen molar-refractivity contribution in [3.05, 3.63) is 39.8 Å². The number of benzene rings is 1. The Bertz CT molecular complexity index is 818. The zero-order valence-electron chi connectivity index (χ0n) is 15.7. The summed E-state index contributed by atoms with van der Waals surface area (Å²) in [7, 11) is 0. The first-order chi connectivity index (χ1) is 13.6. The van der Waals surface area contributed by atoms with Crippen LogP contribution in [0.2, 0.25) is 0 Å². The van der Waals surface area contributed by atoms with Crippen molar-refractivity contribution in [3.63, 3.8) is 0 Å². The van der Waals surface area contributed by atoms with Gasteiger partial charge in [-0.3, -0.25) is 19.7 Å². The van der Waals surface area contributed by atoms with Gasteiger partial charge in [0, 0.05) is 47.8 Å². The monoisotopic (exact) mass is 384 g/mol. The molecule has 0 bridgehead atoms. The number of hydrogen-bond donors (Lipinski definition) is 2. The second kappa shape index (κ2) is 9.23. The topological polar surface area (TPSA) is 127 Å². The number of nitrogens with zero attached hydrogens (tertiary/aromatic N) is 4. The molecule has 1 atom stereocenters. The Balaban J connectivity index is 1.55. The molecule has 2 aliphatic rings. The first-order valence-electron chi connectivity index (χ1n) is 9.63. The van der Waals surface area contributed by atoms with Gasteiger partial charge in [0.2, 0.25) is 11.8 Å². The Morgan fingerprint density at radius 1 is 1.21 bits per heavy atom. The van der Waals surface area contributed by atoms with Crippen molar-refractivity contribution in [1.82, 2.24) is 10.2 Å². The third kappa shape index (κ3) is 4.43. The van der Waals surface area contributed by atoms with Crippen LogP contribution < -0.4 is 10.6 Å². The molecule has 1 aromatic carbocycles. The lowest BCUT2D eigenvalue weighted by Gasteiger charge is -2.29. The Morgan fingerprint density at radius 3 is 2.82 bits per heavy atom. The number of nitrogens with one attached hydrogen (secondary N) is 2. The number of azide groups is 1. The van der Waals surface area contributed by atoms with Crippen LogP contribution in [0, 0.1) is 0 Å². The normalized spacial score (nSPS) is 18.5. The largest absolute Gasteiger partial charge is 0.385 e. The molecular formula is C19H24N6O3. The third-order valence-corrected chi connectivity index (χ3v) is 5.15. The van der Waals surface area contributed by atoms with Gasteiger partial charge in [-0.1, -0.05) is 24.0 Å². The van der Waals surface area contributed by atoms with E-state index < -0.39 is 11.9 Å². The van der Waals surface area contributed by atoms with E-state index in [1.807, 2.05) is 12.1 Å². The molecule has 3 rings (SSSR count). The fraction of sp³-hybridized carbons (Fsp3) is 0.526. The van der Waals surface area contributed by atoms with E-state index in [4.69, 9.17) is 5.53 Å². The van der Waals surface area contributed by atoms with Gasteiger partial charge in [-0.05, 0) is 36.9 Å². The summed E-state index contributed by atoms with van der Waals surface area (Å²) in [6.07, 6.45) is 4.52. The van der Waals surface area contributed by atoms with Crippen LogP contribution in [0.5, 0.6) is 0 Å². The predicted octanol–water partition coefficient (Wildman–Crippen LogP) is 2.73. The number of carbonyl (C=O) groups excluding carboxylic acids is 3. The summed E-state index contributed by atoms with van der Waals surface area (Å²) in [5.41, 5.74) is 10.7. The third-order valence-electron chi connectivity index (χ3n) is 5.15. The van der Waals surface area contributed by atoms with Crippen molar-refractivity contribution in [2.45, 2.75) is 51.1 Å². The molecule has 9 nitrogen and oxygen atoms in total. The molecule has 1 aromatic rings. The SMILES string of the molecule is [N-]=[N+]=NCCCCCCNc1cccc2c1CN(C1CCC(=O)NC1=O)C2=O. The first-order valence-corrected chi connectivity index (χ1v) is 9.63. The van der Waals surface area contributed by atoms with Crippen molar-refractivity contribution in [1.29, 1.82) is 0 Å². The van der Waals surface area contributed by atoms with E-state index in [1.54, 1.807) is 11.0 Å². The molecule has 0 radical (unpaired) electrons. The van der Waals surface area contributed by atoms with Crippen LogP contribution in [0.15, 0.2) is 23.3 Å². The fourth-order valence-corrected chi connectivity index (χ4v) is 3.68. The highest BCUT2D eigenvalue weighted by Gasteiger charge is 2.39. The van der Waals surface area contributed by atoms with Gasteiger partial charge in [0.25, 0.3) is 5.91 Å². The Morgan fingerprint density at radius 2 is 2.04 bits per heavy atom. The van der Waals surface area contributed by atoms with E-state index in [2.05, 4.69) is 20.7 Å². The van der Waals surface area contributed by atoms with Crippen molar-refractivity contribution in [2.24, 2.45) is 5.11 Å². The molecule has 2 aliphatic heterocycles. The minimum Gasteiger partial charge on any atom is -0.385 e. The number of imide groups is 1. The summed E-state index contributed by atoms with van der Waals surface area (Å²) in [6.45, 7) is 1.69. The lowest BCUT2D eigenvalue weighted by atomic mass is 10.0. The molecule has 0 aliphatic carbocycles. The van der Waals surface area contributed by atoms with E-state index in [0.29, 0.717) is 25.1 Å². The van der Waals surface area contributed by atoms with Gasteiger partial charge in [-0.15, -0.1) is 0 Å². The summed E-state index contributed by atoms with van der Waals surface area (Å²) in [5, 5.41) is 9.23. The van der Waals surface area contributed by atoms with Crippen LogP contribution in [0.1, 0.15) is 54.4 Å². The molecule has 9 heteroatoms. The summed E-state index contributed by atoms with van der Waals surface area (Å²) in [5.74, 6) is -0.842. The second-order valence-corrected chi connectivity index (χ2v) is 7.03. The van der Waals surface area contributed by atoms with Gasteiger partial charge in [0.05, 0.1) is 0 Å². The number of amides is 3. The highest BCUT2D eigenvalue weighted by Crippen LogP contribution is 2.32. The second-order valence-electron chi connectivity index (χ2n) is 7.03. The number of unbranched alkanes of at least 4 members (excludes halogenated alkanes) is 3. The molecule has 1 saturated heterocycles. The summed E-state index contributed by atoms with van der Waals surface area (Å²) >= 11 is 0. The summed E-state index contributed by atoms with van der Waals surface area (Å²) in [6, 6.07) is 4.97. The van der Waals surface area contributed by atoms with E-state index in [0.717, 1.165) is 43.5 Å². The molecule has 2 heterocycles. The van der Waals surface area contributed by atoms with Crippen LogP contribution >= 0.6 is 0 Å². The Kier molecular flexibility index (Phi) is 6.49. The molecule has 148 valence electrons. The number of carbonyl (C=O) groups is 3. The maximum atomic E-state index is 12.8. The smallest absolute Gasteiger partial charge is 0.255 e. The van der Waals surface area contributed by atoms with E-state index >= 15 is 0 Å². The quantitative estimate of drug-likeness (QED) is 0.223.